The Bertz CT molecular complexity index is 236. The molecule has 0 spiro atoms. The number of ketones is 1. The number of hydrogen-bond donors (Lipinski definition) is 2. The molecule has 0 aliphatic carbocycles. The van der Waals surface area contributed by atoms with Crippen LogP contribution in [0.1, 0.15) is 18.8 Å². The Morgan fingerprint density at radius 1 is 1.80 bits per heavy atom. The Morgan fingerprint density at radius 3 is 2.60 bits per heavy atom. The molecule has 0 heterocycles. The molecule has 1 unspecified atom stereocenters. The summed E-state index contributed by atoms with van der Waals surface area (Å²) in [6.45, 7) is -3.10. The maximum atomic E-state index is 10.5. The van der Waals surface area contributed by atoms with E-state index in [-0.39, 0.29) is 51.4 Å². The number of carboxylic acids is 1. The monoisotopic (exact) mass is 175 g/mol. The standard InChI is InChI=1S/C5H8O4.K/c1-3(6)2-4(7)5(8)9;/h3,6H,2H2,1H3,(H,8,9);/i1D3,3D;. The van der Waals surface area contributed by atoms with E-state index in [4.69, 9.17) is 15.7 Å². The van der Waals surface area contributed by atoms with Crippen molar-refractivity contribution in [3.63, 3.8) is 0 Å². The summed E-state index contributed by atoms with van der Waals surface area (Å²) in [7, 11) is 0. The Labute approximate surface area is 107 Å². The van der Waals surface area contributed by atoms with Gasteiger partial charge in [-0.3, -0.25) is 4.79 Å². The first kappa shape index (κ1) is 6.27. The van der Waals surface area contributed by atoms with Crippen LogP contribution < -0.4 is 0 Å². The van der Waals surface area contributed by atoms with Crippen molar-refractivity contribution in [3.05, 3.63) is 0 Å². The predicted octanol–water partition coefficient (Wildman–Crippen LogP) is -0.970. The van der Waals surface area contributed by atoms with E-state index in [1.165, 1.54) is 0 Å². The summed E-state index contributed by atoms with van der Waals surface area (Å²) in [4.78, 5) is 20.5. The van der Waals surface area contributed by atoms with Crippen molar-refractivity contribution in [3.8, 4) is 0 Å². The van der Waals surface area contributed by atoms with Crippen LogP contribution in [0.15, 0.2) is 0 Å². The molecular weight excluding hydrogens is 163 g/mol. The van der Waals surface area contributed by atoms with Gasteiger partial charge in [-0.2, -0.15) is 0 Å². The molecule has 53 valence electrons. The van der Waals surface area contributed by atoms with Crippen molar-refractivity contribution < 1.29 is 25.3 Å². The second-order valence-electron chi connectivity index (χ2n) is 1.35. The molecule has 10 heavy (non-hydrogen) atoms. The number of rotatable bonds is 3. The minimum absolute atomic E-state index is 0. The molecule has 0 rings (SSSR count). The normalized spacial score (nSPS) is 21.7. The zero-order valence-electron chi connectivity index (χ0n) is 9.42. The van der Waals surface area contributed by atoms with Gasteiger partial charge >= 0.3 is 5.97 Å². The molecule has 0 aromatic rings. The first-order valence-electron chi connectivity index (χ1n) is 4.06. The van der Waals surface area contributed by atoms with Crippen molar-refractivity contribution in [2.24, 2.45) is 0 Å². The maximum Gasteiger partial charge on any atom is 0.372 e. The molecule has 0 aromatic heterocycles. The van der Waals surface area contributed by atoms with Gasteiger partial charge in [0.1, 0.15) is 0 Å². The average molecular weight is 175 g/mol. The molecule has 0 saturated carbocycles. The van der Waals surface area contributed by atoms with Gasteiger partial charge in [0.25, 0.3) is 0 Å². The Morgan fingerprint density at radius 2 is 2.30 bits per heavy atom. The van der Waals surface area contributed by atoms with Gasteiger partial charge in [-0.15, -0.1) is 0 Å². The Hall–Kier alpha value is 0.736. The summed E-state index contributed by atoms with van der Waals surface area (Å²) in [5, 5.41) is 17.0. The second kappa shape index (κ2) is 6.45. The zero-order chi connectivity index (χ0) is 10.9. The van der Waals surface area contributed by atoms with E-state index >= 15 is 0 Å². The van der Waals surface area contributed by atoms with Crippen LogP contribution in [0.4, 0.5) is 0 Å². The smallest absolute Gasteiger partial charge is 0.372 e. The van der Waals surface area contributed by atoms with Gasteiger partial charge in [0.05, 0.1) is 7.45 Å². The number of hydrogen-bond acceptors (Lipinski definition) is 3. The van der Waals surface area contributed by atoms with E-state index in [9.17, 15) is 9.59 Å². The van der Waals surface area contributed by atoms with E-state index in [1.54, 1.807) is 0 Å². The van der Waals surface area contributed by atoms with Crippen molar-refractivity contribution >= 4 is 63.1 Å². The third-order valence-electron chi connectivity index (χ3n) is 0.567. The molecule has 0 amide bonds. The van der Waals surface area contributed by atoms with E-state index in [0.29, 0.717) is 0 Å². The van der Waals surface area contributed by atoms with Crippen LogP contribution in [0.25, 0.3) is 0 Å². The first-order chi connectivity index (χ1) is 5.58. The van der Waals surface area contributed by atoms with Crippen LogP contribution in [0.3, 0.4) is 0 Å². The Balaban J connectivity index is 0. The number of aliphatic hydroxyl groups is 1. The molecule has 2 N–H and O–H groups in total. The Kier molecular flexibility index (Phi) is 4.04. The minimum atomic E-state index is -3.10. The van der Waals surface area contributed by atoms with Gasteiger partial charge in [0, 0.05) is 61.9 Å². The van der Waals surface area contributed by atoms with Crippen molar-refractivity contribution in [2.45, 2.75) is 19.4 Å². The SMILES string of the molecule is [2H]C([2H])([2H])C([2H])(O)CC(=O)C(=O)O.[K]. The molecule has 4 nitrogen and oxygen atoms in total. The molecule has 5 heteroatoms. The molecular formula is C5H8KO4. The predicted molar refractivity (Wildman–Crippen MR) is 34.7 cm³/mol. The van der Waals surface area contributed by atoms with Crippen LogP contribution in [-0.4, -0.2) is 79.4 Å². The van der Waals surface area contributed by atoms with Gasteiger partial charge in [0.2, 0.25) is 5.78 Å². The molecule has 0 aromatic carbocycles. The van der Waals surface area contributed by atoms with E-state index in [2.05, 4.69) is 0 Å². The third-order valence-corrected chi connectivity index (χ3v) is 0.567. The first-order valence-corrected chi connectivity index (χ1v) is 2.06. The van der Waals surface area contributed by atoms with Crippen LogP contribution in [0, 0.1) is 0 Å². The number of carbonyl (C=O) groups is 2. The maximum absolute atomic E-state index is 10.5. The van der Waals surface area contributed by atoms with E-state index in [0.717, 1.165) is 0 Å². The summed E-state index contributed by atoms with van der Waals surface area (Å²) in [6.07, 6.45) is -4.29. The quantitative estimate of drug-likeness (QED) is 0.427. The summed E-state index contributed by atoms with van der Waals surface area (Å²) >= 11 is 0. The van der Waals surface area contributed by atoms with Gasteiger partial charge in [0.15, 0.2) is 0 Å². The molecule has 0 fully saturated rings. The van der Waals surface area contributed by atoms with Gasteiger partial charge in [-0.1, -0.05) is 0 Å². The van der Waals surface area contributed by atoms with Crippen LogP contribution in [0.5, 0.6) is 0 Å². The topological polar surface area (TPSA) is 74.6 Å². The third kappa shape index (κ3) is 6.85. The van der Waals surface area contributed by atoms with Crippen LogP contribution >= 0.6 is 0 Å². The van der Waals surface area contributed by atoms with Gasteiger partial charge in [-0.05, 0) is 6.85 Å². The number of aliphatic carboxylic acids is 1. The van der Waals surface area contributed by atoms with E-state index in [1.807, 2.05) is 0 Å². The number of carbonyl (C=O) groups excluding carboxylic acids is 1. The van der Waals surface area contributed by atoms with Crippen LogP contribution in [0.2, 0.25) is 0 Å². The zero-order valence-corrected chi connectivity index (χ0v) is 8.54. The average Bonchev–Trinajstić information content (AvgIpc) is 1.83. The van der Waals surface area contributed by atoms with Crippen molar-refractivity contribution in [1.29, 1.82) is 0 Å². The molecule has 0 saturated heterocycles. The van der Waals surface area contributed by atoms with Crippen LogP contribution in [-0.2, 0) is 9.59 Å². The van der Waals surface area contributed by atoms with E-state index < -0.39 is 31.1 Å². The molecule has 1 atom stereocenters. The summed E-state index contributed by atoms with van der Waals surface area (Å²) in [5.41, 5.74) is 0. The fraction of sp³-hybridized carbons (Fsp3) is 0.600. The van der Waals surface area contributed by atoms with Gasteiger partial charge < -0.3 is 10.2 Å². The second-order valence-corrected chi connectivity index (χ2v) is 1.35. The summed E-state index contributed by atoms with van der Waals surface area (Å²) in [5.74, 6) is -3.37. The minimum Gasteiger partial charge on any atom is -0.475 e. The fourth-order valence-corrected chi connectivity index (χ4v) is 0.228. The van der Waals surface area contributed by atoms with Crippen molar-refractivity contribution in [2.75, 3.05) is 0 Å². The van der Waals surface area contributed by atoms with Crippen molar-refractivity contribution in [1.82, 2.24) is 0 Å². The molecule has 0 bridgehead atoms. The summed E-state index contributed by atoms with van der Waals surface area (Å²) < 4.78 is 26.7. The largest absolute Gasteiger partial charge is 0.475 e. The molecule has 0 aliphatic rings. The summed E-state index contributed by atoms with van der Waals surface area (Å²) in [6, 6.07) is 0. The fourth-order valence-electron chi connectivity index (χ4n) is 0.228. The van der Waals surface area contributed by atoms with Gasteiger partial charge in [-0.25, -0.2) is 4.79 Å². The molecule has 1 radical (unpaired) electrons. The number of Topliss-reactive ketones (excluding diaryl/α,β-unsaturated/α-hetero) is 1. The number of carboxylic acid groups (broad SMARTS) is 1. The molecule has 0 aliphatic heterocycles.